The lowest BCUT2D eigenvalue weighted by Gasteiger charge is -2.14. The van der Waals surface area contributed by atoms with Crippen LogP contribution in [0.1, 0.15) is 5.56 Å². The number of aryl methyl sites for hydroxylation is 1. The number of nitrogens with one attached hydrogen (secondary N) is 2. The Bertz CT molecular complexity index is 1060. The van der Waals surface area contributed by atoms with Crippen LogP contribution in [0.4, 0.5) is 17.1 Å². The summed E-state index contributed by atoms with van der Waals surface area (Å²) in [6.45, 7) is 2.75. The van der Waals surface area contributed by atoms with Gasteiger partial charge in [0.05, 0.1) is 23.3 Å². The lowest BCUT2D eigenvalue weighted by Crippen LogP contribution is -2.05. The lowest BCUT2D eigenvalue weighted by atomic mass is 10.1. The van der Waals surface area contributed by atoms with E-state index >= 15 is 0 Å². The minimum Gasteiger partial charge on any atom is -0.400 e. The summed E-state index contributed by atoms with van der Waals surface area (Å²) in [6.07, 6.45) is 0. The van der Waals surface area contributed by atoms with Gasteiger partial charge < -0.3 is 20.8 Å². The van der Waals surface area contributed by atoms with E-state index in [4.69, 9.17) is 15.2 Å². The van der Waals surface area contributed by atoms with E-state index in [1.54, 1.807) is 0 Å². The van der Waals surface area contributed by atoms with E-state index < -0.39 is 0 Å². The van der Waals surface area contributed by atoms with Crippen LogP contribution < -0.4 is 10.6 Å². The fourth-order valence-electron chi connectivity index (χ4n) is 3.15. The van der Waals surface area contributed by atoms with Crippen LogP contribution in [0.3, 0.4) is 0 Å². The second-order valence-electron chi connectivity index (χ2n) is 6.38. The Labute approximate surface area is 164 Å². The summed E-state index contributed by atoms with van der Waals surface area (Å²) < 4.78 is 0. The van der Waals surface area contributed by atoms with Crippen LogP contribution in [0.5, 0.6) is 0 Å². The molecule has 144 valence electrons. The van der Waals surface area contributed by atoms with Crippen molar-refractivity contribution >= 4 is 38.9 Å². The molecule has 5 nitrogen and oxygen atoms in total. The molecule has 4 N–H and O–H groups in total. The molecule has 4 rings (SSSR count). The van der Waals surface area contributed by atoms with E-state index in [-0.39, 0.29) is 6.61 Å². The van der Waals surface area contributed by atoms with Crippen LogP contribution in [-0.2, 0) is 0 Å². The fraction of sp³-hybridized carbons (Fsp3) is 0.174. The molecule has 0 amide bonds. The molecule has 5 heteroatoms. The van der Waals surface area contributed by atoms with Crippen molar-refractivity contribution in [2.75, 3.05) is 30.9 Å². The Morgan fingerprint density at radius 1 is 0.821 bits per heavy atom. The van der Waals surface area contributed by atoms with E-state index in [2.05, 4.69) is 41.8 Å². The number of aliphatic hydroxyl groups is 2. The number of anilines is 3. The van der Waals surface area contributed by atoms with Gasteiger partial charge in [-0.1, -0.05) is 30.3 Å². The lowest BCUT2D eigenvalue weighted by molar-refractivity contribution is 0.311. The van der Waals surface area contributed by atoms with Crippen LogP contribution in [0, 0.1) is 6.92 Å². The summed E-state index contributed by atoms with van der Waals surface area (Å²) in [5, 5.41) is 24.9. The highest BCUT2D eigenvalue weighted by atomic mass is 16.3. The number of aliphatic hydroxyl groups excluding tert-OH is 2. The van der Waals surface area contributed by atoms with E-state index in [9.17, 15) is 0 Å². The van der Waals surface area contributed by atoms with E-state index in [0.29, 0.717) is 6.54 Å². The fourth-order valence-corrected chi connectivity index (χ4v) is 3.15. The molecular formula is C23H25N3O2. The SMILES string of the molecule is CO.Cc1ccc2c(Nc3ccc(NCCO)cc3)c3ccccc3nc2c1. The van der Waals surface area contributed by atoms with Crippen molar-refractivity contribution in [1.29, 1.82) is 0 Å². The summed E-state index contributed by atoms with van der Waals surface area (Å²) in [5.41, 5.74) is 6.25. The Hall–Kier alpha value is -3.15. The van der Waals surface area contributed by atoms with Gasteiger partial charge in [0.1, 0.15) is 0 Å². The third-order valence-corrected chi connectivity index (χ3v) is 4.43. The largest absolute Gasteiger partial charge is 0.400 e. The molecule has 0 atom stereocenters. The second-order valence-corrected chi connectivity index (χ2v) is 6.38. The molecule has 0 aliphatic rings. The van der Waals surface area contributed by atoms with Gasteiger partial charge in [-0.15, -0.1) is 0 Å². The molecule has 0 saturated heterocycles. The number of rotatable bonds is 5. The maximum Gasteiger partial charge on any atom is 0.0733 e. The molecule has 0 unspecified atom stereocenters. The molecular weight excluding hydrogens is 350 g/mol. The van der Waals surface area contributed by atoms with Crippen LogP contribution in [0.2, 0.25) is 0 Å². The molecule has 0 fully saturated rings. The number of fused-ring (bicyclic) bond motifs is 2. The first-order valence-electron chi connectivity index (χ1n) is 9.20. The quantitative estimate of drug-likeness (QED) is 0.388. The zero-order valence-electron chi connectivity index (χ0n) is 16.1. The third kappa shape index (κ3) is 4.22. The Balaban J connectivity index is 0.00000109. The summed E-state index contributed by atoms with van der Waals surface area (Å²) >= 11 is 0. The molecule has 28 heavy (non-hydrogen) atoms. The Kier molecular flexibility index (Phi) is 6.42. The molecule has 1 aromatic heterocycles. The summed E-state index contributed by atoms with van der Waals surface area (Å²) in [6, 6.07) is 22.7. The minimum absolute atomic E-state index is 0.119. The number of hydrogen-bond acceptors (Lipinski definition) is 5. The highest BCUT2D eigenvalue weighted by Crippen LogP contribution is 2.33. The predicted octanol–water partition coefficient (Wildman–Crippen LogP) is 4.45. The Morgan fingerprint density at radius 3 is 2.25 bits per heavy atom. The highest BCUT2D eigenvalue weighted by Gasteiger charge is 2.09. The van der Waals surface area contributed by atoms with E-state index in [1.165, 1.54) is 5.56 Å². The van der Waals surface area contributed by atoms with Crippen LogP contribution in [-0.4, -0.2) is 35.5 Å². The number of aromatic nitrogens is 1. The molecule has 0 spiro atoms. The predicted molar refractivity (Wildman–Crippen MR) is 117 cm³/mol. The van der Waals surface area contributed by atoms with Gasteiger partial charge in [0, 0.05) is 35.8 Å². The maximum atomic E-state index is 8.92. The minimum atomic E-state index is 0.119. The van der Waals surface area contributed by atoms with E-state index in [1.807, 2.05) is 42.5 Å². The van der Waals surface area contributed by atoms with Crippen LogP contribution >= 0.6 is 0 Å². The topological polar surface area (TPSA) is 77.4 Å². The van der Waals surface area contributed by atoms with Crippen molar-refractivity contribution in [3.63, 3.8) is 0 Å². The first kappa shape index (κ1) is 19.6. The normalized spacial score (nSPS) is 10.4. The zero-order valence-corrected chi connectivity index (χ0v) is 16.1. The third-order valence-electron chi connectivity index (χ3n) is 4.43. The van der Waals surface area contributed by atoms with Gasteiger partial charge in [0.2, 0.25) is 0 Å². The number of benzene rings is 3. The average Bonchev–Trinajstić information content (AvgIpc) is 2.74. The number of para-hydroxylation sites is 1. The number of nitrogens with zero attached hydrogens (tertiary/aromatic N) is 1. The maximum absolute atomic E-state index is 8.92. The highest BCUT2D eigenvalue weighted by molar-refractivity contribution is 6.08. The van der Waals surface area contributed by atoms with Crippen molar-refractivity contribution in [2.45, 2.75) is 6.92 Å². The molecule has 0 bridgehead atoms. The molecule has 0 radical (unpaired) electrons. The van der Waals surface area contributed by atoms with Gasteiger partial charge in [-0.05, 0) is 48.9 Å². The number of hydrogen-bond donors (Lipinski definition) is 4. The van der Waals surface area contributed by atoms with Crippen molar-refractivity contribution < 1.29 is 10.2 Å². The summed E-state index contributed by atoms with van der Waals surface area (Å²) in [4.78, 5) is 4.81. The van der Waals surface area contributed by atoms with Crippen molar-refractivity contribution in [3.8, 4) is 0 Å². The molecule has 0 aliphatic carbocycles. The van der Waals surface area contributed by atoms with Crippen LogP contribution in [0.25, 0.3) is 21.8 Å². The monoisotopic (exact) mass is 375 g/mol. The zero-order chi connectivity index (χ0) is 19.9. The molecule has 3 aromatic carbocycles. The molecule has 1 heterocycles. The number of pyridine rings is 1. The van der Waals surface area contributed by atoms with Gasteiger partial charge in [-0.3, -0.25) is 0 Å². The standard InChI is InChI=1S/C22H21N3O.CH4O/c1-15-6-11-19-21(14-15)25-20-5-3-2-4-18(20)22(19)24-17-9-7-16(8-10-17)23-12-13-26;1-2/h2-11,14,23,26H,12-13H2,1H3,(H,24,25);2H,1H3. The van der Waals surface area contributed by atoms with Crippen molar-refractivity contribution in [1.82, 2.24) is 4.98 Å². The van der Waals surface area contributed by atoms with E-state index in [0.717, 1.165) is 46.0 Å². The van der Waals surface area contributed by atoms with Gasteiger partial charge in [-0.2, -0.15) is 0 Å². The average molecular weight is 375 g/mol. The summed E-state index contributed by atoms with van der Waals surface area (Å²) in [5.74, 6) is 0. The summed E-state index contributed by atoms with van der Waals surface area (Å²) in [7, 11) is 1.00. The first-order valence-corrected chi connectivity index (χ1v) is 9.20. The molecule has 4 aromatic rings. The van der Waals surface area contributed by atoms with Crippen molar-refractivity contribution in [3.05, 3.63) is 72.3 Å². The van der Waals surface area contributed by atoms with Gasteiger partial charge in [0.25, 0.3) is 0 Å². The smallest absolute Gasteiger partial charge is 0.0733 e. The Morgan fingerprint density at radius 2 is 1.50 bits per heavy atom. The first-order chi connectivity index (χ1) is 13.7. The van der Waals surface area contributed by atoms with Gasteiger partial charge in [0.15, 0.2) is 0 Å². The molecule has 0 saturated carbocycles. The second kappa shape index (κ2) is 9.17. The van der Waals surface area contributed by atoms with Gasteiger partial charge in [-0.25, -0.2) is 4.98 Å². The van der Waals surface area contributed by atoms with Crippen LogP contribution in [0.15, 0.2) is 66.7 Å². The molecule has 0 aliphatic heterocycles. The van der Waals surface area contributed by atoms with Crippen molar-refractivity contribution in [2.24, 2.45) is 0 Å². The van der Waals surface area contributed by atoms with Gasteiger partial charge >= 0.3 is 0 Å².